The summed E-state index contributed by atoms with van der Waals surface area (Å²) in [6.45, 7) is 4.40. The molecule has 0 bridgehead atoms. The van der Waals surface area contributed by atoms with E-state index in [0.717, 1.165) is 35.0 Å². The number of amides is 1. The van der Waals surface area contributed by atoms with Gasteiger partial charge in [-0.15, -0.1) is 0 Å². The SMILES string of the molecule is Cc1ccc2nc(N(/N=C/c3ccc(F)cc3)C(=O)c3ccc(S(=O)(=O)N4CCCCC4C)cc3)sc2c1. The lowest BCUT2D eigenvalue weighted by Gasteiger charge is -2.32. The number of aromatic nitrogens is 1. The topological polar surface area (TPSA) is 82.9 Å². The summed E-state index contributed by atoms with van der Waals surface area (Å²) in [5.41, 5.74) is 2.68. The molecule has 1 saturated heterocycles. The van der Waals surface area contributed by atoms with Crippen molar-refractivity contribution in [1.29, 1.82) is 0 Å². The van der Waals surface area contributed by atoms with Crippen molar-refractivity contribution >= 4 is 48.8 Å². The summed E-state index contributed by atoms with van der Waals surface area (Å²) in [6, 6.07) is 17.4. The Morgan fingerprint density at radius 3 is 2.55 bits per heavy atom. The van der Waals surface area contributed by atoms with Crippen LogP contribution >= 0.6 is 11.3 Å². The van der Waals surface area contributed by atoms with Gasteiger partial charge in [0, 0.05) is 18.2 Å². The number of aryl methyl sites for hydroxylation is 1. The van der Waals surface area contributed by atoms with Gasteiger partial charge in [0.25, 0.3) is 5.91 Å². The van der Waals surface area contributed by atoms with Crippen LogP contribution in [0.4, 0.5) is 9.52 Å². The fourth-order valence-electron chi connectivity index (χ4n) is 4.43. The van der Waals surface area contributed by atoms with E-state index < -0.39 is 15.9 Å². The molecule has 1 amide bonds. The molecule has 0 radical (unpaired) electrons. The van der Waals surface area contributed by atoms with Crippen molar-refractivity contribution < 1.29 is 17.6 Å². The van der Waals surface area contributed by atoms with E-state index in [1.54, 1.807) is 12.1 Å². The van der Waals surface area contributed by atoms with Gasteiger partial charge in [-0.05, 0) is 86.3 Å². The number of hydrazone groups is 1. The molecule has 1 unspecified atom stereocenters. The normalized spacial score (nSPS) is 16.8. The van der Waals surface area contributed by atoms with E-state index in [1.807, 2.05) is 32.0 Å². The van der Waals surface area contributed by atoms with E-state index in [9.17, 15) is 17.6 Å². The maximum atomic E-state index is 13.6. The van der Waals surface area contributed by atoms with Gasteiger partial charge in [0.15, 0.2) is 0 Å². The molecule has 1 fully saturated rings. The minimum absolute atomic E-state index is 0.0611. The molecule has 10 heteroatoms. The highest BCUT2D eigenvalue weighted by molar-refractivity contribution is 7.89. The molecule has 5 rings (SSSR count). The predicted octanol–water partition coefficient (Wildman–Crippen LogP) is 5.99. The second-order valence-electron chi connectivity index (χ2n) is 9.37. The second-order valence-corrected chi connectivity index (χ2v) is 12.3. The fraction of sp³-hybridized carbons (Fsp3) is 0.250. The summed E-state index contributed by atoms with van der Waals surface area (Å²) < 4.78 is 42.2. The summed E-state index contributed by atoms with van der Waals surface area (Å²) >= 11 is 1.32. The lowest BCUT2D eigenvalue weighted by atomic mass is 10.1. The first-order valence-electron chi connectivity index (χ1n) is 12.4. The molecule has 0 saturated carbocycles. The molecule has 3 aromatic carbocycles. The molecule has 4 aromatic rings. The molecule has 2 heterocycles. The van der Waals surface area contributed by atoms with Crippen molar-refractivity contribution in [2.24, 2.45) is 5.10 Å². The number of rotatable bonds is 6. The number of carbonyl (C=O) groups excluding carboxylic acids is 1. The number of sulfonamides is 1. The Morgan fingerprint density at radius 2 is 1.84 bits per heavy atom. The first kappa shape index (κ1) is 26.1. The molecule has 1 atom stereocenters. The summed E-state index contributed by atoms with van der Waals surface area (Å²) in [4.78, 5) is 18.4. The van der Waals surface area contributed by atoms with Crippen LogP contribution in [-0.2, 0) is 10.0 Å². The predicted molar refractivity (Wildman–Crippen MR) is 149 cm³/mol. The summed E-state index contributed by atoms with van der Waals surface area (Å²) in [6.07, 6.45) is 4.15. The molecule has 196 valence electrons. The van der Waals surface area contributed by atoms with Crippen molar-refractivity contribution in [3.05, 3.63) is 89.2 Å². The van der Waals surface area contributed by atoms with Gasteiger partial charge in [-0.2, -0.15) is 14.4 Å². The zero-order chi connectivity index (χ0) is 26.9. The first-order valence-corrected chi connectivity index (χ1v) is 14.6. The Labute approximate surface area is 225 Å². The lowest BCUT2D eigenvalue weighted by molar-refractivity contribution is 0.0987. The number of carbonyl (C=O) groups is 1. The number of halogens is 1. The third-order valence-corrected chi connectivity index (χ3v) is 9.57. The molecule has 7 nitrogen and oxygen atoms in total. The Morgan fingerprint density at radius 1 is 1.11 bits per heavy atom. The number of benzene rings is 3. The average Bonchev–Trinajstić information content (AvgIpc) is 3.32. The van der Waals surface area contributed by atoms with Gasteiger partial charge in [-0.3, -0.25) is 4.79 Å². The number of anilines is 1. The number of hydrogen-bond acceptors (Lipinski definition) is 6. The van der Waals surface area contributed by atoms with Crippen LogP contribution in [0.25, 0.3) is 10.2 Å². The molecular formula is C28H27FN4O3S2. The van der Waals surface area contributed by atoms with Crippen LogP contribution in [0, 0.1) is 12.7 Å². The Bertz CT molecular complexity index is 1600. The van der Waals surface area contributed by atoms with Gasteiger partial charge < -0.3 is 0 Å². The minimum atomic E-state index is -3.66. The van der Waals surface area contributed by atoms with E-state index in [2.05, 4.69) is 10.1 Å². The third-order valence-electron chi connectivity index (χ3n) is 6.55. The molecule has 0 spiro atoms. The molecule has 38 heavy (non-hydrogen) atoms. The number of piperidine rings is 1. The standard InChI is InChI=1S/C28H27FN4O3S2/c1-19-6-15-25-26(17-19)37-28(31-25)33(30-18-21-7-11-23(29)12-8-21)27(34)22-9-13-24(14-10-22)38(35,36)32-16-4-3-5-20(32)2/h6-15,17-18,20H,3-5,16H2,1-2H3/b30-18+. The van der Waals surface area contributed by atoms with E-state index in [-0.39, 0.29) is 22.3 Å². The van der Waals surface area contributed by atoms with Crippen LogP contribution < -0.4 is 5.01 Å². The highest BCUT2D eigenvalue weighted by atomic mass is 32.2. The van der Waals surface area contributed by atoms with Crippen LogP contribution in [0.1, 0.15) is 47.7 Å². The number of hydrogen-bond donors (Lipinski definition) is 0. The van der Waals surface area contributed by atoms with Crippen molar-refractivity contribution in [1.82, 2.24) is 9.29 Å². The zero-order valence-corrected chi connectivity index (χ0v) is 22.7. The smallest absolute Gasteiger partial charge is 0.267 e. The number of fused-ring (bicyclic) bond motifs is 1. The Hall–Kier alpha value is -3.47. The maximum absolute atomic E-state index is 13.6. The zero-order valence-electron chi connectivity index (χ0n) is 21.0. The molecule has 1 aliphatic rings. The summed E-state index contributed by atoms with van der Waals surface area (Å²) in [5, 5.41) is 5.96. The van der Waals surface area contributed by atoms with Crippen molar-refractivity contribution in [2.45, 2.75) is 44.0 Å². The number of nitrogens with zero attached hydrogens (tertiary/aromatic N) is 4. The Balaban J connectivity index is 1.48. The highest BCUT2D eigenvalue weighted by Gasteiger charge is 2.31. The fourth-order valence-corrected chi connectivity index (χ4v) is 7.15. The maximum Gasteiger partial charge on any atom is 0.280 e. The lowest BCUT2D eigenvalue weighted by Crippen LogP contribution is -2.41. The van der Waals surface area contributed by atoms with Gasteiger partial charge in [0.1, 0.15) is 5.82 Å². The van der Waals surface area contributed by atoms with Crippen molar-refractivity contribution in [3.63, 3.8) is 0 Å². The van der Waals surface area contributed by atoms with Gasteiger partial charge >= 0.3 is 0 Å². The van der Waals surface area contributed by atoms with E-state index in [4.69, 9.17) is 0 Å². The molecule has 0 N–H and O–H groups in total. The van der Waals surface area contributed by atoms with Crippen LogP contribution in [-0.4, -0.2) is 42.4 Å². The second kappa shape index (κ2) is 10.7. The molecular weight excluding hydrogens is 523 g/mol. The van der Waals surface area contributed by atoms with Crippen molar-refractivity contribution in [2.75, 3.05) is 11.6 Å². The van der Waals surface area contributed by atoms with Gasteiger partial charge in [0.2, 0.25) is 15.2 Å². The number of thiazole rings is 1. The summed E-state index contributed by atoms with van der Waals surface area (Å²) in [5.74, 6) is -0.833. The summed E-state index contributed by atoms with van der Waals surface area (Å²) in [7, 11) is -3.66. The van der Waals surface area contributed by atoms with Gasteiger partial charge in [-0.25, -0.2) is 17.8 Å². The highest BCUT2D eigenvalue weighted by Crippen LogP contribution is 2.31. The molecule has 1 aliphatic heterocycles. The van der Waals surface area contributed by atoms with Crippen LogP contribution in [0.15, 0.2) is 76.7 Å². The minimum Gasteiger partial charge on any atom is -0.267 e. The van der Waals surface area contributed by atoms with Crippen LogP contribution in [0.5, 0.6) is 0 Å². The van der Waals surface area contributed by atoms with E-state index in [0.29, 0.717) is 17.2 Å². The van der Waals surface area contributed by atoms with E-state index >= 15 is 0 Å². The molecule has 0 aliphatic carbocycles. The molecule has 1 aromatic heterocycles. The van der Waals surface area contributed by atoms with E-state index in [1.165, 1.54) is 63.3 Å². The van der Waals surface area contributed by atoms with Gasteiger partial charge in [0.05, 0.1) is 21.3 Å². The van der Waals surface area contributed by atoms with Gasteiger partial charge in [-0.1, -0.05) is 36.0 Å². The van der Waals surface area contributed by atoms with Crippen LogP contribution in [0.3, 0.4) is 0 Å². The largest absolute Gasteiger partial charge is 0.280 e. The quantitative estimate of drug-likeness (QED) is 0.218. The third kappa shape index (κ3) is 5.38. The monoisotopic (exact) mass is 550 g/mol. The first-order chi connectivity index (χ1) is 18.2. The average molecular weight is 551 g/mol. The van der Waals surface area contributed by atoms with Crippen molar-refractivity contribution in [3.8, 4) is 0 Å². The Kier molecular flexibility index (Phi) is 7.38. The van der Waals surface area contributed by atoms with Crippen LogP contribution in [0.2, 0.25) is 0 Å².